The third-order valence-corrected chi connectivity index (χ3v) is 4.59. The lowest BCUT2D eigenvalue weighted by molar-refractivity contribution is 0.147. The summed E-state index contributed by atoms with van der Waals surface area (Å²) in [5.41, 5.74) is 1.83. The van der Waals surface area contributed by atoms with Crippen molar-refractivity contribution in [2.45, 2.75) is 12.8 Å². The first-order valence-corrected chi connectivity index (χ1v) is 8.86. The summed E-state index contributed by atoms with van der Waals surface area (Å²) in [6.07, 6.45) is 7.08. The van der Waals surface area contributed by atoms with Crippen LogP contribution in [0.25, 0.3) is 11.0 Å². The largest absolute Gasteiger partial charge is 0.475 e. The molecule has 0 aliphatic carbocycles. The standard InChI is InChI=1S/C18H20N8O/c1-26-4-2-3-12(9-26)10-27-18-14(6-19)20-8-17(25-18)24-16-5-13-15(7-21-16)23-11-22-13/h5,7-8,11-12H,2-4,9-10H2,1H3,(H,22,23)(H,21,24,25). The van der Waals surface area contributed by atoms with Crippen molar-refractivity contribution in [3.8, 4) is 11.9 Å². The van der Waals surface area contributed by atoms with Gasteiger partial charge in [0.15, 0.2) is 5.82 Å². The number of piperidine rings is 1. The first-order valence-electron chi connectivity index (χ1n) is 8.86. The van der Waals surface area contributed by atoms with E-state index in [2.05, 4.69) is 42.2 Å². The monoisotopic (exact) mass is 364 g/mol. The Kier molecular flexibility index (Phi) is 4.80. The number of ether oxygens (including phenoxy) is 1. The average molecular weight is 364 g/mol. The van der Waals surface area contributed by atoms with Gasteiger partial charge in [0, 0.05) is 18.5 Å². The number of nitrogens with one attached hydrogen (secondary N) is 2. The predicted molar refractivity (Wildman–Crippen MR) is 99.6 cm³/mol. The van der Waals surface area contributed by atoms with Crippen molar-refractivity contribution < 1.29 is 4.74 Å². The second-order valence-corrected chi connectivity index (χ2v) is 6.72. The minimum absolute atomic E-state index is 0.181. The smallest absolute Gasteiger partial charge is 0.253 e. The number of hydrogen-bond donors (Lipinski definition) is 2. The molecule has 27 heavy (non-hydrogen) atoms. The van der Waals surface area contributed by atoms with Gasteiger partial charge in [0.2, 0.25) is 5.69 Å². The Balaban J connectivity index is 1.48. The quantitative estimate of drug-likeness (QED) is 0.707. The van der Waals surface area contributed by atoms with E-state index < -0.39 is 0 Å². The third-order valence-electron chi connectivity index (χ3n) is 4.59. The molecule has 2 N–H and O–H groups in total. The topological polar surface area (TPSA) is 116 Å². The number of H-pyrrole nitrogens is 1. The number of anilines is 2. The predicted octanol–water partition coefficient (Wildman–Crippen LogP) is 2.08. The van der Waals surface area contributed by atoms with Gasteiger partial charge >= 0.3 is 0 Å². The van der Waals surface area contributed by atoms with E-state index in [9.17, 15) is 5.26 Å². The number of pyridine rings is 1. The van der Waals surface area contributed by atoms with Crippen molar-refractivity contribution in [2.75, 3.05) is 32.1 Å². The highest BCUT2D eigenvalue weighted by molar-refractivity contribution is 5.77. The fraction of sp³-hybridized carbons (Fsp3) is 0.389. The van der Waals surface area contributed by atoms with Gasteiger partial charge in [-0.3, -0.25) is 0 Å². The number of hydrogen-bond acceptors (Lipinski definition) is 8. The molecule has 9 heteroatoms. The van der Waals surface area contributed by atoms with E-state index in [-0.39, 0.29) is 11.6 Å². The summed E-state index contributed by atoms with van der Waals surface area (Å²) < 4.78 is 5.85. The van der Waals surface area contributed by atoms with Crippen LogP contribution in [0, 0.1) is 17.2 Å². The van der Waals surface area contributed by atoms with Gasteiger partial charge in [-0.1, -0.05) is 0 Å². The van der Waals surface area contributed by atoms with Crippen LogP contribution >= 0.6 is 0 Å². The maximum Gasteiger partial charge on any atom is 0.253 e. The molecule has 0 radical (unpaired) electrons. The Morgan fingerprint density at radius 2 is 2.26 bits per heavy atom. The van der Waals surface area contributed by atoms with Crippen LogP contribution in [0.15, 0.2) is 24.8 Å². The molecule has 1 fully saturated rings. The molecule has 3 aromatic heterocycles. The first-order chi connectivity index (χ1) is 13.2. The van der Waals surface area contributed by atoms with E-state index in [1.54, 1.807) is 12.5 Å². The highest BCUT2D eigenvalue weighted by atomic mass is 16.5. The Bertz CT molecular complexity index is 979. The van der Waals surface area contributed by atoms with Crippen LogP contribution in [0.2, 0.25) is 0 Å². The molecular weight excluding hydrogens is 344 g/mol. The molecule has 1 unspecified atom stereocenters. The summed E-state index contributed by atoms with van der Waals surface area (Å²) >= 11 is 0. The Morgan fingerprint density at radius 1 is 1.33 bits per heavy atom. The highest BCUT2D eigenvalue weighted by Crippen LogP contribution is 2.22. The molecule has 0 spiro atoms. The van der Waals surface area contributed by atoms with Gasteiger partial charge in [0.05, 0.1) is 36.4 Å². The van der Waals surface area contributed by atoms with Crippen molar-refractivity contribution in [1.82, 2.24) is 29.8 Å². The van der Waals surface area contributed by atoms with Crippen molar-refractivity contribution in [2.24, 2.45) is 5.92 Å². The molecule has 1 aliphatic heterocycles. The molecule has 0 bridgehead atoms. The maximum absolute atomic E-state index is 9.29. The van der Waals surface area contributed by atoms with Gasteiger partial charge in [-0.05, 0) is 26.4 Å². The number of fused-ring (bicyclic) bond motifs is 1. The Morgan fingerprint density at radius 3 is 3.11 bits per heavy atom. The summed E-state index contributed by atoms with van der Waals surface area (Å²) in [4.78, 5) is 22.4. The third kappa shape index (κ3) is 3.96. The molecule has 0 saturated carbocycles. The normalized spacial score (nSPS) is 17.6. The lowest BCUT2D eigenvalue weighted by atomic mass is 10.00. The molecule has 0 amide bonds. The zero-order chi connectivity index (χ0) is 18.6. The maximum atomic E-state index is 9.29. The minimum Gasteiger partial charge on any atom is -0.475 e. The van der Waals surface area contributed by atoms with Crippen molar-refractivity contribution in [3.63, 3.8) is 0 Å². The van der Waals surface area contributed by atoms with Gasteiger partial charge in [-0.25, -0.2) is 15.0 Å². The van der Waals surface area contributed by atoms with Gasteiger partial charge in [0.1, 0.15) is 11.9 Å². The Hall–Kier alpha value is -3.25. The Labute approximate surface area is 156 Å². The highest BCUT2D eigenvalue weighted by Gasteiger charge is 2.19. The molecule has 4 heterocycles. The van der Waals surface area contributed by atoms with Gasteiger partial charge in [0.25, 0.3) is 5.88 Å². The van der Waals surface area contributed by atoms with E-state index >= 15 is 0 Å². The van der Waals surface area contributed by atoms with Gasteiger partial charge in [-0.2, -0.15) is 10.2 Å². The number of nitrogens with zero attached hydrogens (tertiary/aromatic N) is 6. The fourth-order valence-electron chi connectivity index (χ4n) is 3.25. The minimum atomic E-state index is 0.181. The molecule has 4 rings (SSSR count). The van der Waals surface area contributed by atoms with E-state index in [0.717, 1.165) is 37.0 Å². The SMILES string of the molecule is CN1CCCC(COc2nc(Nc3cc4nc[nH]c4cn3)cnc2C#N)C1. The van der Waals surface area contributed by atoms with Crippen molar-refractivity contribution in [3.05, 3.63) is 30.5 Å². The zero-order valence-electron chi connectivity index (χ0n) is 15.0. The van der Waals surface area contributed by atoms with Crippen LogP contribution in [0.5, 0.6) is 5.88 Å². The summed E-state index contributed by atoms with van der Waals surface area (Å²) in [5, 5.41) is 12.4. The second-order valence-electron chi connectivity index (χ2n) is 6.72. The van der Waals surface area contributed by atoms with Crippen LogP contribution in [0.4, 0.5) is 11.6 Å². The molecule has 3 aromatic rings. The molecular formula is C18H20N8O. The molecule has 1 saturated heterocycles. The second kappa shape index (κ2) is 7.55. The number of aromatic amines is 1. The lowest BCUT2D eigenvalue weighted by Crippen LogP contribution is -2.34. The summed E-state index contributed by atoms with van der Waals surface area (Å²) in [7, 11) is 2.11. The van der Waals surface area contributed by atoms with E-state index in [1.807, 2.05) is 12.1 Å². The summed E-state index contributed by atoms with van der Waals surface area (Å²) in [5.74, 6) is 1.73. The first kappa shape index (κ1) is 17.2. The van der Waals surface area contributed by atoms with E-state index in [4.69, 9.17) is 4.74 Å². The number of likely N-dealkylation sites (tertiary alicyclic amines) is 1. The van der Waals surface area contributed by atoms with Crippen LogP contribution in [-0.4, -0.2) is 56.6 Å². The summed E-state index contributed by atoms with van der Waals surface area (Å²) in [6, 6.07) is 3.85. The van der Waals surface area contributed by atoms with Crippen LogP contribution < -0.4 is 10.1 Å². The zero-order valence-corrected chi connectivity index (χ0v) is 15.0. The number of imidazole rings is 1. The van der Waals surface area contributed by atoms with Crippen LogP contribution in [0.1, 0.15) is 18.5 Å². The number of rotatable bonds is 5. The van der Waals surface area contributed by atoms with Crippen molar-refractivity contribution >= 4 is 22.7 Å². The number of nitriles is 1. The van der Waals surface area contributed by atoms with Crippen LogP contribution in [-0.2, 0) is 0 Å². The van der Waals surface area contributed by atoms with Crippen LogP contribution in [0.3, 0.4) is 0 Å². The van der Waals surface area contributed by atoms with Crippen molar-refractivity contribution in [1.29, 1.82) is 5.26 Å². The number of aromatic nitrogens is 5. The molecule has 138 valence electrons. The lowest BCUT2D eigenvalue weighted by Gasteiger charge is -2.29. The molecule has 0 aromatic carbocycles. The molecule has 1 aliphatic rings. The van der Waals surface area contributed by atoms with Gasteiger partial charge in [-0.15, -0.1) is 0 Å². The molecule has 1 atom stereocenters. The van der Waals surface area contributed by atoms with E-state index in [1.165, 1.54) is 6.20 Å². The average Bonchev–Trinajstić information content (AvgIpc) is 3.14. The fourth-order valence-corrected chi connectivity index (χ4v) is 3.25. The van der Waals surface area contributed by atoms with E-state index in [0.29, 0.717) is 24.2 Å². The summed E-state index contributed by atoms with van der Waals surface area (Å²) in [6.45, 7) is 2.63. The molecule has 9 nitrogen and oxygen atoms in total. The van der Waals surface area contributed by atoms with Gasteiger partial charge < -0.3 is 19.9 Å².